The number of methoxy groups -OCH3 is 1. The molecule has 1 aliphatic rings. The van der Waals surface area contributed by atoms with Gasteiger partial charge in [-0.15, -0.1) is 0 Å². The van der Waals surface area contributed by atoms with E-state index in [0.717, 1.165) is 32.1 Å². The molecular weight excluding hydrogens is 365 g/mol. The number of hydrogen-bond acceptors (Lipinski definition) is 3. The van der Waals surface area contributed by atoms with Crippen LogP contribution in [0, 0.1) is 34.9 Å². The molecule has 4 heteroatoms. The first kappa shape index (κ1) is 23.0. The summed E-state index contributed by atoms with van der Waals surface area (Å²) in [4.78, 5) is 0. The Kier molecular flexibility index (Phi) is 7.88. The lowest BCUT2D eigenvalue weighted by Gasteiger charge is -2.29. The van der Waals surface area contributed by atoms with Crippen molar-refractivity contribution in [1.29, 1.82) is 5.26 Å². The van der Waals surface area contributed by atoms with Crippen molar-refractivity contribution in [3.05, 3.63) is 47.5 Å². The Bertz CT molecular complexity index is 825. The molecule has 3 nitrogen and oxygen atoms in total. The van der Waals surface area contributed by atoms with Crippen molar-refractivity contribution in [2.75, 3.05) is 7.11 Å². The van der Waals surface area contributed by atoms with Crippen LogP contribution in [0.15, 0.2) is 30.5 Å². The smallest absolute Gasteiger partial charge is 0.135 e. The molecule has 0 heterocycles. The van der Waals surface area contributed by atoms with Gasteiger partial charge in [-0.1, -0.05) is 57.6 Å². The van der Waals surface area contributed by atoms with Gasteiger partial charge in [-0.25, -0.2) is 4.39 Å². The second kappa shape index (κ2) is 9.95. The van der Waals surface area contributed by atoms with Crippen LogP contribution < -0.4 is 0 Å². The Balaban J connectivity index is 2.36. The van der Waals surface area contributed by atoms with Crippen molar-refractivity contribution in [1.82, 2.24) is 0 Å². The van der Waals surface area contributed by atoms with Crippen LogP contribution in [-0.2, 0) is 10.2 Å². The van der Waals surface area contributed by atoms with Crippen LogP contribution in [0.3, 0.4) is 0 Å². The first-order valence-corrected chi connectivity index (χ1v) is 10.5. The lowest BCUT2D eigenvalue weighted by molar-refractivity contribution is 0.0283. The van der Waals surface area contributed by atoms with Gasteiger partial charge in [0.1, 0.15) is 11.4 Å². The summed E-state index contributed by atoms with van der Waals surface area (Å²) in [6.45, 7) is 7.74. The van der Waals surface area contributed by atoms with Gasteiger partial charge in [0.15, 0.2) is 0 Å². The van der Waals surface area contributed by atoms with E-state index in [4.69, 9.17) is 4.74 Å². The zero-order chi connectivity index (χ0) is 21.5. The van der Waals surface area contributed by atoms with Gasteiger partial charge in [-0.05, 0) is 43.7 Å². The van der Waals surface area contributed by atoms with Crippen molar-refractivity contribution in [3.63, 3.8) is 0 Å². The summed E-state index contributed by atoms with van der Waals surface area (Å²) in [5.74, 6) is 6.07. The molecule has 156 valence electrons. The number of nitrogens with zero attached hydrogens (tertiary/aromatic N) is 1. The van der Waals surface area contributed by atoms with Gasteiger partial charge in [-0.3, -0.25) is 0 Å². The fourth-order valence-electron chi connectivity index (χ4n) is 4.35. The lowest BCUT2D eigenvalue weighted by atomic mass is 9.75. The van der Waals surface area contributed by atoms with Gasteiger partial charge >= 0.3 is 0 Å². The molecule has 1 N–H and O–H groups in total. The monoisotopic (exact) mass is 397 g/mol. The fraction of sp³-hybridized carbons (Fsp3) is 0.560. The van der Waals surface area contributed by atoms with Crippen LogP contribution in [-0.4, -0.2) is 17.8 Å². The average molecular weight is 398 g/mol. The summed E-state index contributed by atoms with van der Waals surface area (Å²) in [5.41, 5.74) is -1.13. The van der Waals surface area contributed by atoms with E-state index < -0.39 is 16.8 Å². The van der Waals surface area contributed by atoms with Crippen LogP contribution in [0.5, 0.6) is 0 Å². The summed E-state index contributed by atoms with van der Waals surface area (Å²) in [6, 6.07) is 7.11. The molecule has 0 radical (unpaired) electrons. The Morgan fingerprint density at radius 3 is 2.55 bits per heavy atom. The van der Waals surface area contributed by atoms with E-state index in [-0.39, 0.29) is 12.3 Å². The number of nitriles is 1. The molecule has 0 amide bonds. The maximum absolute atomic E-state index is 14.9. The van der Waals surface area contributed by atoms with E-state index in [2.05, 4.69) is 24.5 Å². The fourth-order valence-corrected chi connectivity index (χ4v) is 4.35. The lowest BCUT2D eigenvalue weighted by Crippen LogP contribution is -2.35. The van der Waals surface area contributed by atoms with E-state index in [9.17, 15) is 14.8 Å². The Morgan fingerprint density at radius 2 is 2.03 bits per heavy atom. The van der Waals surface area contributed by atoms with Crippen molar-refractivity contribution in [2.24, 2.45) is 5.92 Å². The van der Waals surface area contributed by atoms with Crippen molar-refractivity contribution in [3.8, 4) is 17.9 Å². The maximum Gasteiger partial charge on any atom is 0.135 e. The topological polar surface area (TPSA) is 53.2 Å². The maximum atomic E-state index is 14.9. The van der Waals surface area contributed by atoms with E-state index in [1.807, 2.05) is 13.8 Å². The van der Waals surface area contributed by atoms with E-state index in [1.54, 1.807) is 12.1 Å². The predicted molar refractivity (Wildman–Crippen MR) is 113 cm³/mol. The summed E-state index contributed by atoms with van der Waals surface area (Å²) >= 11 is 0. The Labute approximate surface area is 174 Å². The molecule has 0 saturated heterocycles. The van der Waals surface area contributed by atoms with Crippen molar-refractivity contribution >= 4 is 0 Å². The minimum absolute atomic E-state index is 0.0573. The Hall–Kier alpha value is -2.30. The third kappa shape index (κ3) is 5.20. The predicted octanol–water partition coefficient (Wildman–Crippen LogP) is 5.62. The SMILES string of the molecule is C=C(CC(O)(C#Cc1ccc(C(C#N)(CC)CCC)c(F)c1)C1CCCC1)OC. The molecule has 1 aliphatic carbocycles. The Morgan fingerprint density at radius 1 is 1.34 bits per heavy atom. The van der Waals surface area contributed by atoms with Crippen LogP contribution in [0.2, 0.25) is 0 Å². The highest BCUT2D eigenvalue weighted by Crippen LogP contribution is 2.38. The highest BCUT2D eigenvalue weighted by atomic mass is 19.1. The number of hydrogen-bond donors (Lipinski definition) is 1. The second-order valence-corrected chi connectivity index (χ2v) is 8.07. The molecule has 1 fully saturated rings. The quantitative estimate of drug-likeness (QED) is 0.457. The van der Waals surface area contributed by atoms with Gasteiger partial charge in [0, 0.05) is 17.5 Å². The zero-order valence-electron chi connectivity index (χ0n) is 17.9. The highest BCUT2D eigenvalue weighted by molar-refractivity contribution is 5.43. The zero-order valence-corrected chi connectivity index (χ0v) is 17.9. The van der Waals surface area contributed by atoms with Gasteiger partial charge in [0.2, 0.25) is 0 Å². The van der Waals surface area contributed by atoms with Crippen LogP contribution in [0.1, 0.15) is 76.3 Å². The standard InChI is InChI=1S/C25H32FNO2/c1-5-14-24(6-2,18-27)22-12-11-20(16-23(22)26)13-15-25(28,17-19(3)29-4)21-9-7-8-10-21/h11-12,16,21,28H,3,5-10,14,17H2,1-2,4H3. The molecule has 1 aromatic rings. The van der Waals surface area contributed by atoms with Gasteiger partial charge in [-0.2, -0.15) is 5.26 Å². The van der Waals surface area contributed by atoms with Gasteiger partial charge in [0.05, 0.1) is 24.4 Å². The largest absolute Gasteiger partial charge is 0.502 e. The van der Waals surface area contributed by atoms with E-state index in [0.29, 0.717) is 29.7 Å². The number of ether oxygens (including phenoxy) is 1. The second-order valence-electron chi connectivity index (χ2n) is 8.07. The van der Waals surface area contributed by atoms with Crippen molar-refractivity contribution < 1.29 is 14.2 Å². The van der Waals surface area contributed by atoms with E-state index in [1.165, 1.54) is 13.2 Å². The molecule has 0 spiro atoms. The normalized spacial score (nSPS) is 18.1. The molecule has 1 aromatic carbocycles. The minimum atomic E-state index is -1.24. The molecule has 0 aromatic heterocycles. The molecule has 2 unspecified atom stereocenters. The summed E-state index contributed by atoms with van der Waals surface area (Å²) in [6.07, 6.45) is 6.18. The van der Waals surface area contributed by atoms with Crippen molar-refractivity contribution in [2.45, 2.75) is 76.2 Å². The number of rotatable bonds is 8. The molecule has 0 bridgehead atoms. The molecule has 29 heavy (non-hydrogen) atoms. The van der Waals surface area contributed by atoms with E-state index >= 15 is 0 Å². The van der Waals surface area contributed by atoms with Crippen LogP contribution in [0.25, 0.3) is 0 Å². The number of benzene rings is 1. The molecule has 0 aliphatic heterocycles. The van der Waals surface area contributed by atoms with Gasteiger partial charge < -0.3 is 9.84 Å². The summed E-state index contributed by atoms with van der Waals surface area (Å²) in [5, 5.41) is 20.9. The third-order valence-electron chi connectivity index (χ3n) is 6.19. The van der Waals surface area contributed by atoms with Crippen LogP contribution in [0.4, 0.5) is 4.39 Å². The first-order chi connectivity index (χ1) is 13.8. The molecule has 2 rings (SSSR count). The minimum Gasteiger partial charge on any atom is -0.502 e. The summed E-state index contributed by atoms with van der Waals surface area (Å²) < 4.78 is 20.1. The summed E-state index contributed by atoms with van der Waals surface area (Å²) in [7, 11) is 1.53. The number of aliphatic hydroxyl groups is 1. The number of halogens is 1. The highest BCUT2D eigenvalue weighted by Gasteiger charge is 2.38. The van der Waals surface area contributed by atoms with Crippen LogP contribution >= 0.6 is 0 Å². The molecule has 1 saturated carbocycles. The van der Waals surface area contributed by atoms with Gasteiger partial charge in [0.25, 0.3) is 0 Å². The first-order valence-electron chi connectivity index (χ1n) is 10.5. The average Bonchev–Trinajstić information content (AvgIpc) is 3.27. The third-order valence-corrected chi connectivity index (χ3v) is 6.19. The molecular formula is C25H32FNO2. The molecule has 2 atom stereocenters.